The summed E-state index contributed by atoms with van der Waals surface area (Å²) in [7, 11) is 6.02. The Bertz CT molecular complexity index is 1200. The van der Waals surface area contributed by atoms with Crippen molar-refractivity contribution in [1.29, 1.82) is 0 Å². The van der Waals surface area contributed by atoms with E-state index in [9.17, 15) is 0 Å². The fourth-order valence-electron chi connectivity index (χ4n) is 3.32. The van der Waals surface area contributed by atoms with E-state index in [1.54, 1.807) is 0 Å². The van der Waals surface area contributed by atoms with Crippen LogP contribution in [0.3, 0.4) is 0 Å². The Hall–Kier alpha value is -3.18. The van der Waals surface area contributed by atoms with Crippen LogP contribution < -0.4 is 20.7 Å². The number of rotatable bonds is 4. The van der Waals surface area contributed by atoms with Crippen LogP contribution in [-0.2, 0) is 0 Å². The summed E-state index contributed by atoms with van der Waals surface area (Å²) in [4.78, 5) is 2.11. The first-order valence-electron chi connectivity index (χ1n) is 9.14. The van der Waals surface area contributed by atoms with E-state index in [4.69, 9.17) is 0 Å². The standard InChI is InChI=1S/C23H22N4S/c1-24-15-16-7-9-17(10-8-16)22(18-11-13-19(14-12-18)27(2)3)20-5-4-6-21-23(20)26-28-25-21/h4-15,24H,1-3H3. The molecule has 4 rings (SSSR count). The average Bonchev–Trinajstić information content (AvgIpc) is 3.20. The zero-order valence-corrected chi connectivity index (χ0v) is 17.0. The van der Waals surface area contributed by atoms with Crippen LogP contribution in [0.15, 0.2) is 66.7 Å². The highest BCUT2D eigenvalue weighted by atomic mass is 32.1. The van der Waals surface area contributed by atoms with Gasteiger partial charge in [-0.1, -0.05) is 48.5 Å². The Morgan fingerprint density at radius 2 is 1.68 bits per heavy atom. The molecule has 0 radical (unpaired) electrons. The molecular weight excluding hydrogens is 364 g/mol. The third kappa shape index (κ3) is 3.49. The molecule has 3 aromatic carbocycles. The van der Waals surface area contributed by atoms with Gasteiger partial charge < -0.3 is 10.2 Å². The maximum Gasteiger partial charge on any atom is 0.112 e. The van der Waals surface area contributed by atoms with Crippen molar-refractivity contribution in [2.45, 2.75) is 0 Å². The van der Waals surface area contributed by atoms with Gasteiger partial charge in [0.2, 0.25) is 0 Å². The number of nitrogens with zero attached hydrogens (tertiary/aromatic N) is 3. The van der Waals surface area contributed by atoms with Crippen molar-refractivity contribution in [1.82, 2.24) is 14.1 Å². The zero-order chi connectivity index (χ0) is 19.5. The number of hydrogen-bond acceptors (Lipinski definition) is 5. The Morgan fingerprint density at radius 3 is 2.36 bits per heavy atom. The van der Waals surface area contributed by atoms with Gasteiger partial charge in [-0.3, -0.25) is 0 Å². The molecule has 0 spiro atoms. The van der Waals surface area contributed by atoms with Crippen molar-refractivity contribution in [3.8, 4) is 0 Å². The second-order valence-electron chi connectivity index (χ2n) is 6.81. The molecule has 4 aromatic rings. The van der Waals surface area contributed by atoms with Gasteiger partial charge in [-0.25, -0.2) is 0 Å². The first-order chi connectivity index (χ1) is 13.7. The quantitative estimate of drug-likeness (QED) is 0.586. The summed E-state index contributed by atoms with van der Waals surface area (Å²) in [6.45, 7) is 0. The third-order valence-corrected chi connectivity index (χ3v) is 5.28. The molecule has 4 nitrogen and oxygen atoms in total. The van der Waals surface area contributed by atoms with Crippen LogP contribution in [0.4, 0.5) is 5.69 Å². The molecular formula is C23H22N4S. The first kappa shape index (κ1) is 18.2. The van der Waals surface area contributed by atoms with Crippen LogP contribution in [0.1, 0.15) is 11.1 Å². The third-order valence-electron chi connectivity index (χ3n) is 4.74. The number of benzene rings is 3. The van der Waals surface area contributed by atoms with E-state index in [1.165, 1.54) is 23.0 Å². The van der Waals surface area contributed by atoms with Crippen LogP contribution in [0, 0.1) is 0 Å². The van der Waals surface area contributed by atoms with Crippen molar-refractivity contribution in [3.05, 3.63) is 88.3 Å². The van der Waals surface area contributed by atoms with Crippen molar-refractivity contribution >= 4 is 40.2 Å². The maximum atomic E-state index is 4.57. The molecule has 0 atom stereocenters. The molecule has 0 aliphatic heterocycles. The van der Waals surface area contributed by atoms with Crippen molar-refractivity contribution in [2.24, 2.45) is 0 Å². The average molecular weight is 387 g/mol. The predicted octanol–water partition coefficient (Wildman–Crippen LogP) is 2.96. The number of anilines is 1. The lowest BCUT2D eigenvalue weighted by molar-refractivity contribution is 1.13. The zero-order valence-electron chi connectivity index (χ0n) is 16.2. The van der Waals surface area contributed by atoms with Gasteiger partial charge in [0.25, 0.3) is 0 Å². The Morgan fingerprint density at radius 1 is 0.929 bits per heavy atom. The molecule has 5 heteroatoms. The van der Waals surface area contributed by atoms with Crippen LogP contribution in [0.25, 0.3) is 22.8 Å². The Kier molecular flexibility index (Phi) is 5.08. The Labute approximate surface area is 168 Å². The molecule has 0 saturated heterocycles. The molecule has 28 heavy (non-hydrogen) atoms. The molecule has 0 saturated carbocycles. The van der Waals surface area contributed by atoms with Gasteiger partial charge >= 0.3 is 0 Å². The van der Waals surface area contributed by atoms with Gasteiger partial charge in [-0.15, -0.1) is 0 Å². The fourth-order valence-corrected chi connectivity index (χ4v) is 3.87. The van der Waals surface area contributed by atoms with Gasteiger partial charge in [-0.05, 0) is 39.8 Å². The lowest BCUT2D eigenvalue weighted by Gasteiger charge is -2.14. The fraction of sp³-hybridized carbons (Fsp3) is 0.130. The van der Waals surface area contributed by atoms with Crippen LogP contribution in [0.2, 0.25) is 0 Å². The first-order valence-corrected chi connectivity index (χ1v) is 9.87. The molecule has 0 fully saturated rings. The monoisotopic (exact) mass is 386 g/mol. The summed E-state index contributed by atoms with van der Waals surface area (Å²) in [5, 5.41) is 5.38. The highest BCUT2D eigenvalue weighted by Crippen LogP contribution is 2.28. The summed E-state index contributed by atoms with van der Waals surface area (Å²) in [6.07, 6.45) is 1.99. The molecule has 0 amide bonds. The summed E-state index contributed by atoms with van der Waals surface area (Å²) in [6, 6.07) is 23.4. The summed E-state index contributed by atoms with van der Waals surface area (Å²) in [5.41, 5.74) is 6.50. The van der Waals surface area contributed by atoms with E-state index in [0.717, 1.165) is 32.6 Å². The number of nitrogens with one attached hydrogen (secondary N) is 1. The normalized spacial score (nSPS) is 10.7. The predicted molar refractivity (Wildman–Crippen MR) is 119 cm³/mol. The number of fused-ring (bicyclic) bond motifs is 1. The van der Waals surface area contributed by atoms with E-state index in [2.05, 4.69) is 93.7 Å². The molecule has 140 valence electrons. The van der Waals surface area contributed by atoms with Crippen molar-refractivity contribution in [3.63, 3.8) is 0 Å². The second kappa shape index (κ2) is 7.82. The molecule has 0 aliphatic rings. The second-order valence-corrected chi connectivity index (χ2v) is 7.34. The molecule has 1 N–H and O–H groups in total. The van der Waals surface area contributed by atoms with E-state index in [-0.39, 0.29) is 0 Å². The minimum absolute atomic E-state index is 0.935. The summed E-state index contributed by atoms with van der Waals surface area (Å²) < 4.78 is 8.99. The smallest absolute Gasteiger partial charge is 0.112 e. The lowest BCUT2D eigenvalue weighted by Crippen LogP contribution is -2.14. The SMILES string of the molecule is CNC=c1ccc(=C(c2ccc(N(C)C)cc2)c2cccc3nsnc23)cc1. The topological polar surface area (TPSA) is 41.0 Å². The largest absolute Gasteiger partial charge is 0.393 e. The van der Waals surface area contributed by atoms with E-state index >= 15 is 0 Å². The van der Waals surface area contributed by atoms with Gasteiger partial charge in [0, 0.05) is 38.6 Å². The van der Waals surface area contributed by atoms with Crippen LogP contribution >= 0.6 is 11.7 Å². The molecule has 1 aromatic heterocycles. The van der Waals surface area contributed by atoms with E-state index in [1.807, 2.05) is 19.3 Å². The van der Waals surface area contributed by atoms with Crippen molar-refractivity contribution in [2.75, 3.05) is 26.0 Å². The molecule has 0 aliphatic carbocycles. The van der Waals surface area contributed by atoms with Crippen molar-refractivity contribution < 1.29 is 0 Å². The molecule has 0 unspecified atom stereocenters. The van der Waals surface area contributed by atoms with Gasteiger partial charge in [-0.2, -0.15) is 8.75 Å². The van der Waals surface area contributed by atoms with Crippen LogP contribution in [0.5, 0.6) is 0 Å². The van der Waals surface area contributed by atoms with Gasteiger partial charge in [0.1, 0.15) is 11.0 Å². The summed E-state index contributed by atoms with van der Waals surface area (Å²) in [5.74, 6) is 0. The van der Waals surface area contributed by atoms with E-state index < -0.39 is 0 Å². The van der Waals surface area contributed by atoms with Gasteiger partial charge in [0.05, 0.1) is 11.7 Å². The minimum Gasteiger partial charge on any atom is -0.393 e. The molecule has 0 bridgehead atoms. The van der Waals surface area contributed by atoms with E-state index in [0.29, 0.717) is 0 Å². The molecule has 1 heterocycles. The van der Waals surface area contributed by atoms with Crippen LogP contribution in [-0.4, -0.2) is 29.9 Å². The highest BCUT2D eigenvalue weighted by Gasteiger charge is 2.13. The number of aromatic nitrogens is 2. The Balaban J connectivity index is 2.00. The highest BCUT2D eigenvalue weighted by molar-refractivity contribution is 7.00. The summed E-state index contributed by atoms with van der Waals surface area (Å²) >= 11 is 1.26. The maximum absolute atomic E-state index is 4.57. The minimum atomic E-state index is 0.935. The number of hydrogen-bond donors (Lipinski definition) is 1. The lowest BCUT2D eigenvalue weighted by atomic mass is 9.94. The van der Waals surface area contributed by atoms with Gasteiger partial charge in [0.15, 0.2) is 0 Å².